The highest BCUT2D eigenvalue weighted by Gasteiger charge is 2.13. The smallest absolute Gasteiger partial charge is 0.124 e. The summed E-state index contributed by atoms with van der Waals surface area (Å²) >= 11 is 6.70. The summed E-state index contributed by atoms with van der Waals surface area (Å²) < 4.78 is 1.56. The first kappa shape index (κ1) is 8.65. The molecule has 0 spiro atoms. The third-order valence-electron chi connectivity index (χ3n) is 1.98. The number of hydrogen-bond donors (Lipinski definition) is 0. The highest BCUT2D eigenvalue weighted by molar-refractivity contribution is 7.67. The molecule has 1 aliphatic rings. The molecule has 0 fully saturated rings. The summed E-state index contributed by atoms with van der Waals surface area (Å²) in [5.41, 5.74) is 0. The molecule has 6 heteroatoms. The predicted octanol–water partition coefficient (Wildman–Crippen LogP) is 1.63. The van der Waals surface area contributed by atoms with E-state index in [-0.39, 0.29) is 0 Å². The van der Waals surface area contributed by atoms with Gasteiger partial charge in [0.2, 0.25) is 0 Å². The Morgan fingerprint density at radius 1 is 1.50 bits per heavy atom. The van der Waals surface area contributed by atoms with E-state index in [4.69, 9.17) is 12.8 Å². The van der Waals surface area contributed by atoms with Crippen molar-refractivity contribution in [3.63, 3.8) is 0 Å². The van der Waals surface area contributed by atoms with Gasteiger partial charge in [-0.05, 0) is 12.1 Å². The standard InChI is InChI=1S/C8H5N3PS2/c13-11-10-4-6-7(12-11)5-2-1-3-9-8(5)14-6/h1-4,12H/q-1. The molecule has 3 heterocycles. The molecule has 0 aliphatic carbocycles. The molecule has 1 aliphatic heterocycles. The van der Waals surface area contributed by atoms with Crippen molar-refractivity contribution >= 4 is 54.6 Å². The molecule has 3 rings (SSSR count). The second kappa shape index (κ2) is 3.19. The number of pyridine rings is 1. The lowest BCUT2D eigenvalue weighted by molar-refractivity contribution is 0.826. The third kappa shape index (κ3) is 1.24. The molecule has 0 N–H and O–H groups in total. The third-order valence-corrected chi connectivity index (χ3v) is 4.65. The van der Waals surface area contributed by atoms with Gasteiger partial charge < -0.3 is 17.0 Å². The van der Waals surface area contributed by atoms with E-state index in [0.717, 1.165) is 4.83 Å². The summed E-state index contributed by atoms with van der Waals surface area (Å²) in [7, 11) is 0.445. The van der Waals surface area contributed by atoms with E-state index >= 15 is 0 Å². The fourth-order valence-corrected chi connectivity index (χ4v) is 3.81. The number of hydrazone groups is 1. The van der Waals surface area contributed by atoms with Crippen molar-refractivity contribution < 1.29 is 0 Å². The number of fused-ring (bicyclic) bond motifs is 3. The maximum Gasteiger partial charge on any atom is 0.124 e. The fraction of sp³-hybridized carbons (Fsp3) is 0. The molecule has 1 atom stereocenters. The summed E-state index contributed by atoms with van der Waals surface area (Å²) in [6.07, 6.45) is 3.64. The van der Waals surface area contributed by atoms with Crippen LogP contribution in [0, 0.1) is 0 Å². The number of thiophene rings is 1. The molecule has 0 saturated heterocycles. The first-order chi connectivity index (χ1) is 6.84. The molecule has 0 amide bonds. The second-order valence-corrected chi connectivity index (χ2v) is 5.67. The molecule has 70 valence electrons. The number of aromatic nitrogens is 1. The van der Waals surface area contributed by atoms with Crippen molar-refractivity contribution in [2.45, 2.75) is 0 Å². The lowest BCUT2D eigenvalue weighted by atomic mass is 10.3. The summed E-state index contributed by atoms with van der Waals surface area (Å²) in [5, 5.41) is 6.58. The quantitative estimate of drug-likeness (QED) is 0.516. The van der Waals surface area contributed by atoms with Gasteiger partial charge in [0, 0.05) is 25.6 Å². The Labute approximate surface area is 92.2 Å². The van der Waals surface area contributed by atoms with Crippen LogP contribution in [0.25, 0.3) is 10.2 Å². The van der Waals surface area contributed by atoms with Crippen LogP contribution in [0.15, 0.2) is 23.4 Å². The molecule has 14 heavy (non-hydrogen) atoms. The molecule has 0 saturated carbocycles. The van der Waals surface area contributed by atoms with E-state index < -0.39 is 0 Å². The highest BCUT2D eigenvalue weighted by Crippen LogP contribution is 2.31. The zero-order valence-electron chi connectivity index (χ0n) is 6.97. The fourth-order valence-electron chi connectivity index (χ4n) is 1.39. The van der Waals surface area contributed by atoms with E-state index in [2.05, 4.69) is 16.2 Å². The predicted molar refractivity (Wildman–Crippen MR) is 64.4 cm³/mol. The number of nitrogens with zero attached hydrogens (tertiary/aromatic N) is 3. The monoisotopic (exact) mass is 238 g/mol. The van der Waals surface area contributed by atoms with Crippen LogP contribution in [-0.4, -0.2) is 15.4 Å². The molecule has 0 aromatic carbocycles. The van der Waals surface area contributed by atoms with Gasteiger partial charge in [0.05, 0.1) is 11.1 Å². The molecule has 0 radical (unpaired) electrons. The van der Waals surface area contributed by atoms with Crippen molar-refractivity contribution in [1.29, 1.82) is 0 Å². The van der Waals surface area contributed by atoms with Crippen LogP contribution in [0.5, 0.6) is 0 Å². The lowest BCUT2D eigenvalue weighted by Gasteiger charge is -2.27. The van der Waals surface area contributed by atoms with Crippen LogP contribution in [0.3, 0.4) is 0 Å². The van der Waals surface area contributed by atoms with Gasteiger partial charge in [-0.25, -0.2) is 10.1 Å². The molecule has 1 unspecified atom stereocenters. The Balaban J connectivity index is 2.32. The zero-order chi connectivity index (χ0) is 9.54. The summed E-state index contributed by atoms with van der Waals surface area (Å²) in [6, 6.07) is 4.05. The van der Waals surface area contributed by atoms with Crippen LogP contribution in [0.1, 0.15) is 4.88 Å². The van der Waals surface area contributed by atoms with Crippen molar-refractivity contribution in [2.75, 3.05) is 0 Å². The Bertz CT molecular complexity index is 522. The van der Waals surface area contributed by atoms with E-state index in [1.54, 1.807) is 15.5 Å². The molecule has 2 aromatic heterocycles. The topological polar surface area (TPSA) is 28.5 Å². The Morgan fingerprint density at radius 2 is 2.43 bits per heavy atom. The Kier molecular flexibility index (Phi) is 1.97. The van der Waals surface area contributed by atoms with Gasteiger partial charge in [0.15, 0.2) is 0 Å². The largest absolute Gasteiger partial charge is 0.640 e. The van der Waals surface area contributed by atoms with Crippen LogP contribution < -0.4 is 5.30 Å². The second-order valence-electron chi connectivity index (χ2n) is 2.83. The number of rotatable bonds is 0. The normalized spacial score (nSPS) is 16.5. The minimum atomic E-state index is 0.445. The summed E-state index contributed by atoms with van der Waals surface area (Å²) in [4.78, 5) is 6.58. The average Bonchev–Trinajstić information content (AvgIpc) is 2.56. The van der Waals surface area contributed by atoms with E-state index in [0.29, 0.717) is 8.73 Å². The minimum Gasteiger partial charge on any atom is -0.640 e. The van der Waals surface area contributed by atoms with Crippen molar-refractivity contribution in [2.24, 2.45) is 5.10 Å². The van der Waals surface area contributed by atoms with Gasteiger partial charge in [0.25, 0.3) is 0 Å². The molecule has 2 aromatic rings. The number of hydrogen-bond acceptors (Lipinski definition) is 5. The highest BCUT2D eigenvalue weighted by atomic mass is 32.1. The maximum atomic E-state index is 5.03. The van der Waals surface area contributed by atoms with Gasteiger partial charge in [-0.2, -0.15) is 0 Å². The average molecular weight is 238 g/mol. The van der Waals surface area contributed by atoms with Crippen LogP contribution in [-0.2, 0) is 12.8 Å². The van der Waals surface area contributed by atoms with Gasteiger partial charge in [-0.3, -0.25) is 0 Å². The lowest BCUT2D eigenvalue weighted by Crippen LogP contribution is -2.12. The van der Waals surface area contributed by atoms with Crippen molar-refractivity contribution in [1.82, 2.24) is 9.17 Å². The van der Waals surface area contributed by atoms with Crippen molar-refractivity contribution in [3.8, 4) is 0 Å². The molecular weight excluding hydrogens is 233 g/mol. The Hall–Kier alpha value is -0.640. The van der Waals surface area contributed by atoms with E-state index in [1.807, 2.05) is 18.5 Å². The molecule has 0 bridgehead atoms. The Morgan fingerprint density at radius 3 is 3.36 bits per heavy atom. The molecule has 3 nitrogen and oxygen atoms in total. The summed E-state index contributed by atoms with van der Waals surface area (Å²) in [5.74, 6) is 0. The van der Waals surface area contributed by atoms with Crippen LogP contribution in [0.4, 0.5) is 0 Å². The van der Waals surface area contributed by atoms with E-state index in [9.17, 15) is 0 Å². The first-order valence-electron chi connectivity index (χ1n) is 4.00. The van der Waals surface area contributed by atoms with Gasteiger partial charge in [-0.15, -0.1) is 11.3 Å². The summed E-state index contributed by atoms with van der Waals surface area (Å²) in [6.45, 7) is 0. The maximum absolute atomic E-state index is 5.03. The van der Waals surface area contributed by atoms with E-state index in [1.165, 1.54) is 15.6 Å². The molecular formula is C8H5N3PS2-. The zero-order valence-corrected chi connectivity index (χ0v) is 9.60. The van der Waals surface area contributed by atoms with Crippen molar-refractivity contribution in [3.05, 3.63) is 23.2 Å². The van der Waals surface area contributed by atoms with Gasteiger partial charge in [0.1, 0.15) is 4.83 Å². The van der Waals surface area contributed by atoms with Crippen LogP contribution in [0.2, 0.25) is 0 Å². The first-order valence-corrected chi connectivity index (χ1v) is 6.13. The van der Waals surface area contributed by atoms with Crippen LogP contribution >= 0.6 is 20.1 Å². The van der Waals surface area contributed by atoms with Gasteiger partial charge >= 0.3 is 0 Å². The minimum absolute atomic E-state index is 0.445. The SMILES string of the molecule is [S-]N1N=Cc2sc3ncccc3c2P1. The van der Waals surface area contributed by atoms with Gasteiger partial charge in [-0.1, -0.05) is 0 Å².